The maximum Gasteiger partial charge on any atom is 0.432 e. The summed E-state index contributed by atoms with van der Waals surface area (Å²) in [7, 11) is -1.27. The highest BCUT2D eigenvalue weighted by atomic mass is 28.4. The van der Waals surface area contributed by atoms with Gasteiger partial charge in [-0.3, -0.25) is 0 Å². The van der Waals surface area contributed by atoms with Gasteiger partial charge in [0.2, 0.25) is 0 Å². The van der Waals surface area contributed by atoms with Crippen LogP contribution in [-0.2, 0) is 33.8 Å². The first kappa shape index (κ1) is 31.5. The molecule has 0 spiro atoms. The topological polar surface area (TPSA) is 63.2 Å². The van der Waals surface area contributed by atoms with Gasteiger partial charge in [-0.25, -0.2) is 4.79 Å². The lowest BCUT2D eigenvalue weighted by Crippen LogP contribution is -2.52. The Morgan fingerprint density at radius 1 is 1.11 bits per heavy atom. The highest BCUT2D eigenvalue weighted by Gasteiger charge is 2.64. The zero-order valence-corrected chi connectivity index (χ0v) is 24.3. The van der Waals surface area contributed by atoms with Crippen molar-refractivity contribution in [3.05, 3.63) is 48.0 Å². The van der Waals surface area contributed by atoms with Gasteiger partial charge >= 0.3 is 12.1 Å². The summed E-state index contributed by atoms with van der Waals surface area (Å²) in [6.07, 6.45) is -7.22. The summed E-state index contributed by atoms with van der Waals surface area (Å²) in [5.74, 6) is -2.52. The number of rotatable bonds is 10. The third-order valence-corrected chi connectivity index (χ3v) is 11.6. The molecule has 0 aromatic heterocycles. The molecule has 1 saturated heterocycles. The van der Waals surface area contributed by atoms with E-state index in [0.717, 1.165) is 7.11 Å². The Bertz CT molecular complexity index is 942. The molecule has 0 bridgehead atoms. The third-order valence-electron chi connectivity index (χ3n) is 7.12. The first-order valence-corrected chi connectivity index (χ1v) is 15.2. The van der Waals surface area contributed by atoms with E-state index < -0.39 is 50.2 Å². The molecule has 2 rings (SSSR count). The Labute approximate surface area is 219 Å². The number of carbonyl (C=O) groups excluding carboxylic acids is 1. The van der Waals surface area contributed by atoms with E-state index in [4.69, 9.17) is 23.4 Å². The summed E-state index contributed by atoms with van der Waals surface area (Å²) >= 11 is 0. The van der Waals surface area contributed by atoms with Gasteiger partial charge in [0.05, 0.1) is 12.7 Å². The number of ether oxygens (including phenoxy) is 4. The predicted molar refractivity (Wildman–Crippen MR) is 137 cm³/mol. The minimum atomic E-state index is -5.08. The molecule has 1 aliphatic rings. The number of alkyl halides is 3. The van der Waals surface area contributed by atoms with E-state index in [0.29, 0.717) is 5.57 Å². The highest BCUT2D eigenvalue weighted by molar-refractivity contribution is 6.74. The Hall–Kier alpha value is -1.72. The molecule has 1 aromatic carbocycles. The highest BCUT2D eigenvalue weighted by Crippen LogP contribution is 2.44. The van der Waals surface area contributed by atoms with Gasteiger partial charge in [0, 0.05) is 19.1 Å². The second-order valence-corrected chi connectivity index (χ2v) is 16.3. The van der Waals surface area contributed by atoms with Gasteiger partial charge in [-0.2, -0.15) is 13.2 Å². The molecule has 0 unspecified atom stereocenters. The molecular formula is C27H41F3O6Si. The average Bonchev–Trinajstić information content (AvgIpc) is 3.04. The van der Waals surface area contributed by atoms with Gasteiger partial charge in [0.15, 0.2) is 14.1 Å². The quantitative estimate of drug-likeness (QED) is 0.189. The molecule has 0 amide bonds. The van der Waals surface area contributed by atoms with Crippen molar-refractivity contribution < 1.29 is 41.3 Å². The number of hydrogen-bond acceptors (Lipinski definition) is 6. The molecule has 1 heterocycles. The summed E-state index contributed by atoms with van der Waals surface area (Å²) in [6.45, 7) is 19.8. The SMILES string of the molecule is C=C(C)[C@H](C[C@@H]1OC(C)(C)O[C@H]1CO[Si](C)(C)C(C)(C)C)OC(=O)[C@@](OC)(c1ccccc1)C(F)(F)F. The molecule has 37 heavy (non-hydrogen) atoms. The Morgan fingerprint density at radius 3 is 2.11 bits per heavy atom. The summed E-state index contributed by atoms with van der Waals surface area (Å²) in [4.78, 5) is 13.2. The molecule has 0 N–H and O–H groups in total. The van der Waals surface area contributed by atoms with Crippen LogP contribution < -0.4 is 0 Å². The van der Waals surface area contributed by atoms with Gasteiger partial charge < -0.3 is 23.4 Å². The molecule has 10 heteroatoms. The van der Waals surface area contributed by atoms with Gasteiger partial charge in [0.25, 0.3) is 5.60 Å². The molecule has 1 aliphatic heterocycles. The second-order valence-electron chi connectivity index (χ2n) is 11.5. The first-order valence-electron chi connectivity index (χ1n) is 12.3. The molecular weight excluding hydrogens is 505 g/mol. The number of carbonyl (C=O) groups is 1. The van der Waals surface area contributed by atoms with Crippen molar-refractivity contribution in [2.75, 3.05) is 13.7 Å². The van der Waals surface area contributed by atoms with Crippen molar-refractivity contribution in [2.45, 2.75) is 102 Å². The lowest BCUT2D eigenvalue weighted by atomic mass is 9.92. The van der Waals surface area contributed by atoms with E-state index >= 15 is 0 Å². The maximum absolute atomic E-state index is 14.3. The smallest absolute Gasteiger partial charge is 0.432 e. The van der Waals surface area contributed by atoms with Crippen molar-refractivity contribution in [1.29, 1.82) is 0 Å². The van der Waals surface area contributed by atoms with Crippen LogP contribution in [0.3, 0.4) is 0 Å². The number of methoxy groups -OCH3 is 1. The molecule has 210 valence electrons. The minimum absolute atomic E-state index is 0.0221. The van der Waals surface area contributed by atoms with E-state index in [1.807, 2.05) is 0 Å². The van der Waals surface area contributed by atoms with Gasteiger partial charge in [-0.15, -0.1) is 0 Å². The number of halogens is 3. The molecule has 0 aliphatic carbocycles. The van der Waals surface area contributed by atoms with Crippen molar-refractivity contribution in [2.24, 2.45) is 0 Å². The summed E-state index contributed by atoms with van der Waals surface area (Å²) < 4.78 is 71.8. The van der Waals surface area contributed by atoms with E-state index in [2.05, 4.69) is 40.4 Å². The van der Waals surface area contributed by atoms with Crippen molar-refractivity contribution >= 4 is 14.3 Å². The Morgan fingerprint density at radius 2 is 1.65 bits per heavy atom. The number of hydrogen-bond donors (Lipinski definition) is 0. The van der Waals surface area contributed by atoms with Crippen molar-refractivity contribution in [3.8, 4) is 0 Å². The predicted octanol–water partition coefficient (Wildman–Crippen LogP) is 6.51. The van der Waals surface area contributed by atoms with Gasteiger partial charge in [-0.05, 0) is 44.5 Å². The zero-order chi connectivity index (χ0) is 28.4. The Balaban J connectivity index is 2.30. The molecule has 6 nitrogen and oxygen atoms in total. The zero-order valence-electron chi connectivity index (χ0n) is 23.3. The van der Waals surface area contributed by atoms with Crippen LogP contribution in [-0.4, -0.2) is 58.3 Å². The average molecular weight is 547 g/mol. The van der Waals surface area contributed by atoms with E-state index in [1.54, 1.807) is 26.8 Å². The van der Waals surface area contributed by atoms with E-state index in [1.165, 1.54) is 24.3 Å². The molecule has 0 saturated carbocycles. The fraction of sp³-hybridized carbons (Fsp3) is 0.667. The molecule has 0 radical (unpaired) electrons. The van der Waals surface area contributed by atoms with Crippen LogP contribution in [0.15, 0.2) is 42.5 Å². The van der Waals surface area contributed by atoms with Crippen LogP contribution >= 0.6 is 0 Å². The van der Waals surface area contributed by atoms with Crippen LogP contribution in [0.25, 0.3) is 0 Å². The summed E-state index contributed by atoms with van der Waals surface area (Å²) in [5, 5.41) is -0.0221. The van der Waals surface area contributed by atoms with Crippen LogP contribution in [0.1, 0.15) is 53.5 Å². The number of benzene rings is 1. The van der Waals surface area contributed by atoms with Crippen LogP contribution in [0.2, 0.25) is 18.1 Å². The lowest BCUT2D eigenvalue weighted by molar-refractivity contribution is -0.278. The minimum Gasteiger partial charge on any atom is -0.455 e. The monoisotopic (exact) mass is 546 g/mol. The second kappa shape index (κ2) is 11.2. The lowest BCUT2D eigenvalue weighted by Gasteiger charge is -2.37. The van der Waals surface area contributed by atoms with E-state index in [9.17, 15) is 18.0 Å². The molecule has 4 atom stereocenters. The van der Waals surface area contributed by atoms with Crippen LogP contribution in [0, 0.1) is 0 Å². The van der Waals surface area contributed by atoms with Crippen molar-refractivity contribution in [1.82, 2.24) is 0 Å². The largest absolute Gasteiger partial charge is 0.455 e. The third kappa shape index (κ3) is 7.03. The van der Waals surface area contributed by atoms with Gasteiger partial charge in [0.1, 0.15) is 12.2 Å². The standard InChI is InChI=1S/C27H41F3O6Si/c1-18(2)20(34-23(31)26(32-8,27(28,29)30)19-14-12-11-13-15-19)16-21-22(36-25(6,7)35-21)17-33-37(9,10)24(3,4)5/h11-15,20-22H,1,16-17H2,2-10H3/t20-,21-,22-,26-/m0/s1. The fourth-order valence-corrected chi connectivity index (χ4v) is 4.93. The fourth-order valence-electron chi connectivity index (χ4n) is 3.92. The molecule has 1 aromatic rings. The van der Waals surface area contributed by atoms with E-state index in [-0.39, 0.29) is 23.6 Å². The number of esters is 1. The summed E-state index contributed by atoms with van der Waals surface area (Å²) in [5.41, 5.74) is -3.30. The van der Waals surface area contributed by atoms with Crippen LogP contribution in [0.5, 0.6) is 0 Å². The molecule has 1 fully saturated rings. The van der Waals surface area contributed by atoms with Gasteiger partial charge in [-0.1, -0.05) is 57.7 Å². The van der Waals surface area contributed by atoms with Crippen LogP contribution in [0.4, 0.5) is 13.2 Å². The first-order chi connectivity index (χ1) is 16.8. The summed E-state index contributed by atoms with van der Waals surface area (Å²) in [6, 6.07) is 6.71. The maximum atomic E-state index is 14.3. The Kier molecular flexibility index (Phi) is 9.51. The normalized spacial score (nSPS) is 22.8. The van der Waals surface area contributed by atoms with Crippen molar-refractivity contribution in [3.63, 3.8) is 0 Å².